The third kappa shape index (κ3) is 5.60. The second-order valence-corrected chi connectivity index (χ2v) is 9.58. The molecule has 0 unspecified atom stereocenters. The van der Waals surface area contributed by atoms with E-state index in [-0.39, 0.29) is 5.91 Å². The van der Waals surface area contributed by atoms with Crippen LogP contribution in [0.25, 0.3) is 11.1 Å². The van der Waals surface area contributed by atoms with Gasteiger partial charge in [-0.3, -0.25) is 9.69 Å². The molecule has 6 heteroatoms. The molecule has 0 spiro atoms. The molecule has 186 valence electrons. The van der Waals surface area contributed by atoms with Crippen molar-refractivity contribution in [2.75, 3.05) is 44.2 Å². The van der Waals surface area contributed by atoms with Crippen LogP contribution in [0.15, 0.2) is 71.1 Å². The highest BCUT2D eigenvalue weighted by molar-refractivity contribution is 5.97. The molecule has 0 atom stereocenters. The molecule has 6 nitrogen and oxygen atoms in total. The molecule has 3 aromatic carbocycles. The van der Waals surface area contributed by atoms with Gasteiger partial charge < -0.3 is 14.6 Å². The third-order valence-electron chi connectivity index (χ3n) is 7.17. The second-order valence-electron chi connectivity index (χ2n) is 9.58. The number of hydrogen-bond donors (Lipinski definition) is 1. The van der Waals surface area contributed by atoms with Gasteiger partial charge in [-0.05, 0) is 61.2 Å². The Morgan fingerprint density at radius 3 is 2.56 bits per heavy atom. The number of nitrogens with one attached hydrogen (secondary N) is 1. The molecule has 0 radical (unpaired) electrons. The third-order valence-corrected chi connectivity index (χ3v) is 7.17. The van der Waals surface area contributed by atoms with Crippen molar-refractivity contribution < 1.29 is 9.21 Å². The number of fused-ring (bicyclic) bond motifs is 1. The van der Waals surface area contributed by atoms with Gasteiger partial charge in [0.2, 0.25) is 0 Å². The molecule has 5 rings (SSSR count). The van der Waals surface area contributed by atoms with E-state index in [9.17, 15) is 4.79 Å². The molecule has 0 saturated carbocycles. The van der Waals surface area contributed by atoms with Crippen LogP contribution in [0.4, 0.5) is 5.69 Å². The molecule has 1 fully saturated rings. The fourth-order valence-electron chi connectivity index (χ4n) is 4.84. The summed E-state index contributed by atoms with van der Waals surface area (Å²) in [4.78, 5) is 22.2. The predicted octanol–water partition coefficient (Wildman–Crippen LogP) is 4.78. The van der Waals surface area contributed by atoms with E-state index in [0.29, 0.717) is 23.6 Å². The smallest absolute Gasteiger partial charge is 0.251 e. The molecule has 36 heavy (non-hydrogen) atoms. The number of aromatic nitrogens is 1. The van der Waals surface area contributed by atoms with Gasteiger partial charge in [0.15, 0.2) is 11.5 Å². The lowest BCUT2D eigenvalue weighted by Gasteiger charge is -2.37. The Labute approximate surface area is 212 Å². The summed E-state index contributed by atoms with van der Waals surface area (Å²) in [6.07, 6.45) is 1.61. The van der Waals surface area contributed by atoms with Gasteiger partial charge in [0.05, 0.1) is 0 Å². The molecule has 2 heterocycles. The monoisotopic (exact) mass is 482 g/mol. The van der Waals surface area contributed by atoms with E-state index in [1.165, 1.54) is 22.4 Å². The normalized spacial score (nSPS) is 14.3. The maximum Gasteiger partial charge on any atom is 0.251 e. The van der Waals surface area contributed by atoms with E-state index in [1.54, 1.807) is 6.07 Å². The van der Waals surface area contributed by atoms with Crippen molar-refractivity contribution in [1.29, 1.82) is 0 Å². The Hall–Kier alpha value is -3.64. The number of piperazine rings is 1. The summed E-state index contributed by atoms with van der Waals surface area (Å²) < 4.78 is 5.94. The first-order valence-electron chi connectivity index (χ1n) is 12.8. The Morgan fingerprint density at radius 1 is 0.944 bits per heavy atom. The maximum absolute atomic E-state index is 12.8. The summed E-state index contributed by atoms with van der Waals surface area (Å²) in [6.45, 7) is 9.86. The number of amides is 1. The van der Waals surface area contributed by atoms with Crippen LogP contribution in [0.2, 0.25) is 0 Å². The topological polar surface area (TPSA) is 61.6 Å². The number of aryl methyl sites for hydroxylation is 3. The summed E-state index contributed by atoms with van der Waals surface area (Å²) in [5.41, 5.74) is 7.35. The molecule has 0 bridgehead atoms. The van der Waals surface area contributed by atoms with Gasteiger partial charge in [0, 0.05) is 56.9 Å². The standard InChI is InChI=1S/C30H34N4O2/c1-22-7-6-10-27(23(22)2)34-19-17-33(18-20-34)16-15-31-30(35)25-12-13-26-28(21-25)36-29(32-26)14-11-24-8-4-3-5-9-24/h3-10,12-13,21H,11,14-20H2,1-2H3,(H,31,35). The van der Waals surface area contributed by atoms with Crippen molar-refractivity contribution in [3.63, 3.8) is 0 Å². The van der Waals surface area contributed by atoms with Crippen LogP contribution < -0.4 is 10.2 Å². The molecule has 1 amide bonds. The highest BCUT2D eigenvalue weighted by atomic mass is 16.3. The molecule has 1 aliphatic rings. The van der Waals surface area contributed by atoms with Crippen molar-refractivity contribution >= 4 is 22.7 Å². The fourth-order valence-corrected chi connectivity index (χ4v) is 4.84. The van der Waals surface area contributed by atoms with Crippen molar-refractivity contribution in [1.82, 2.24) is 15.2 Å². The Morgan fingerprint density at radius 2 is 1.75 bits per heavy atom. The zero-order chi connectivity index (χ0) is 24.9. The predicted molar refractivity (Wildman–Crippen MR) is 145 cm³/mol. The molecular formula is C30H34N4O2. The van der Waals surface area contributed by atoms with Crippen LogP contribution in [0, 0.1) is 13.8 Å². The van der Waals surface area contributed by atoms with E-state index < -0.39 is 0 Å². The zero-order valence-electron chi connectivity index (χ0n) is 21.2. The van der Waals surface area contributed by atoms with Gasteiger partial charge in [-0.2, -0.15) is 0 Å². The minimum Gasteiger partial charge on any atom is -0.441 e. The minimum absolute atomic E-state index is 0.0758. The molecular weight excluding hydrogens is 448 g/mol. The van der Waals surface area contributed by atoms with Gasteiger partial charge in [0.1, 0.15) is 5.52 Å². The molecule has 1 aliphatic heterocycles. The summed E-state index contributed by atoms with van der Waals surface area (Å²) in [6, 6.07) is 22.3. The number of carbonyl (C=O) groups is 1. The number of anilines is 1. The molecule has 1 saturated heterocycles. The van der Waals surface area contributed by atoms with Gasteiger partial charge in [-0.1, -0.05) is 42.5 Å². The van der Waals surface area contributed by atoms with E-state index in [4.69, 9.17) is 4.42 Å². The van der Waals surface area contributed by atoms with E-state index >= 15 is 0 Å². The quantitative estimate of drug-likeness (QED) is 0.392. The number of carbonyl (C=O) groups excluding carboxylic acids is 1. The van der Waals surface area contributed by atoms with E-state index in [2.05, 4.69) is 64.3 Å². The summed E-state index contributed by atoms with van der Waals surface area (Å²) in [5.74, 6) is 0.625. The van der Waals surface area contributed by atoms with Gasteiger partial charge in [-0.25, -0.2) is 4.98 Å². The molecule has 1 N–H and O–H groups in total. The lowest BCUT2D eigenvalue weighted by atomic mass is 10.1. The van der Waals surface area contributed by atoms with E-state index in [1.807, 2.05) is 30.3 Å². The van der Waals surface area contributed by atoms with Crippen molar-refractivity contribution in [3.05, 3.63) is 94.9 Å². The first-order chi connectivity index (χ1) is 17.6. The van der Waals surface area contributed by atoms with Gasteiger partial charge in [0.25, 0.3) is 5.91 Å². The highest BCUT2D eigenvalue weighted by Crippen LogP contribution is 2.24. The van der Waals surface area contributed by atoms with Crippen molar-refractivity contribution in [2.24, 2.45) is 0 Å². The SMILES string of the molecule is Cc1cccc(N2CCN(CCNC(=O)c3ccc4nc(CCc5ccccc5)oc4c3)CC2)c1C. The number of oxazole rings is 1. The molecule has 0 aliphatic carbocycles. The Bertz CT molecular complexity index is 1320. The van der Waals surface area contributed by atoms with E-state index in [0.717, 1.165) is 51.1 Å². The summed E-state index contributed by atoms with van der Waals surface area (Å²) >= 11 is 0. The average Bonchev–Trinajstić information content (AvgIpc) is 3.32. The number of nitrogens with zero attached hydrogens (tertiary/aromatic N) is 3. The van der Waals surface area contributed by atoms with Crippen LogP contribution in [-0.4, -0.2) is 55.1 Å². The lowest BCUT2D eigenvalue weighted by molar-refractivity contribution is 0.0947. The van der Waals surface area contributed by atoms with Gasteiger partial charge >= 0.3 is 0 Å². The largest absolute Gasteiger partial charge is 0.441 e. The molecule has 1 aromatic heterocycles. The van der Waals surface area contributed by atoms with Crippen molar-refractivity contribution in [3.8, 4) is 0 Å². The van der Waals surface area contributed by atoms with Crippen LogP contribution >= 0.6 is 0 Å². The fraction of sp³-hybridized carbons (Fsp3) is 0.333. The summed E-state index contributed by atoms with van der Waals surface area (Å²) in [5, 5.41) is 3.07. The number of benzene rings is 3. The number of rotatable bonds is 8. The molecule has 4 aromatic rings. The van der Waals surface area contributed by atoms with Crippen LogP contribution in [-0.2, 0) is 12.8 Å². The van der Waals surface area contributed by atoms with Crippen LogP contribution in [0.1, 0.15) is 32.9 Å². The highest BCUT2D eigenvalue weighted by Gasteiger charge is 2.19. The van der Waals surface area contributed by atoms with Gasteiger partial charge in [-0.15, -0.1) is 0 Å². The number of hydrogen-bond acceptors (Lipinski definition) is 5. The van der Waals surface area contributed by atoms with Crippen LogP contribution in [0.3, 0.4) is 0 Å². The Balaban J connectivity index is 1.09. The first kappa shape index (κ1) is 24.1. The maximum atomic E-state index is 12.8. The Kier molecular flexibility index (Phi) is 7.33. The average molecular weight is 483 g/mol. The second kappa shape index (κ2) is 11.0. The van der Waals surface area contributed by atoms with Crippen LogP contribution in [0.5, 0.6) is 0 Å². The lowest BCUT2D eigenvalue weighted by Crippen LogP contribution is -2.48. The first-order valence-corrected chi connectivity index (χ1v) is 12.8. The zero-order valence-corrected chi connectivity index (χ0v) is 21.2. The minimum atomic E-state index is -0.0758. The summed E-state index contributed by atoms with van der Waals surface area (Å²) in [7, 11) is 0. The van der Waals surface area contributed by atoms with Crippen molar-refractivity contribution in [2.45, 2.75) is 26.7 Å².